The number of nitrogens with one attached hydrogen (secondary N) is 1. The van der Waals surface area contributed by atoms with Crippen molar-refractivity contribution >= 4 is 50.6 Å². The Morgan fingerprint density at radius 1 is 1.08 bits per heavy atom. The highest BCUT2D eigenvalue weighted by atomic mass is 32.1. The van der Waals surface area contributed by atoms with Gasteiger partial charge in [-0.2, -0.15) is 9.78 Å². The standard InChI is InChI=1S/C29H28N4O5S/c1-5-38-29(37)25-22-15-39-27(24(22)28(36)33(31-25)21-10-9-17(3)18(4)12-21)30-26(35)19-13-23(34)32(14-19)20-8-6-7-16(2)11-20/h6-12,15,19H,5,13-14H2,1-4H3,(H,30,35). The van der Waals surface area contributed by atoms with Gasteiger partial charge in [-0.15, -0.1) is 11.3 Å². The van der Waals surface area contributed by atoms with Gasteiger partial charge in [0.25, 0.3) is 5.56 Å². The van der Waals surface area contributed by atoms with Crippen LogP contribution in [0.2, 0.25) is 0 Å². The van der Waals surface area contributed by atoms with Crippen LogP contribution in [0.1, 0.15) is 40.5 Å². The maximum atomic E-state index is 13.7. The molecule has 3 heterocycles. The van der Waals surface area contributed by atoms with Crippen molar-refractivity contribution in [3.63, 3.8) is 0 Å². The van der Waals surface area contributed by atoms with Gasteiger partial charge in [0, 0.05) is 29.4 Å². The van der Waals surface area contributed by atoms with E-state index in [9.17, 15) is 19.2 Å². The van der Waals surface area contributed by atoms with Gasteiger partial charge in [-0.05, 0) is 68.7 Å². The number of hydrogen-bond donors (Lipinski definition) is 1. The molecule has 4 aromatic rings. The molecule has 0 saturated carbocycles. The summed E-state index contributed by atoms with van der Waals surface area (Å²) >= 11 is 1.13. The zero-order valence-electron chi connectivity index (χ0n) is 22.1. The molecule has 200 valence electrons. The molecule has 39 heavy (non-hydrogen) atoms. The van der Waals surface area contributed by atoms with Gasteiger partial charge in [-0.25, -0.2) is 4.79 Å². The van der Waals surface area contributed by atoms with Crippen molar-refractivity contribution < 1.29 is 19.1 Å². The van der Waals surface area contributed by atoms with Gasteiger partial charge in [0.15, 0.2) is 5.69 Å². The third-order valence-electron chi connectivity index (χ3n) is 6.90. The van der Waals surface area contributed by atoms with Crippen molar-refractivity contribution in [2.45, 2.75) is 34.1 Å². The van der Waals surface area contributed by atoms with Crippen LogP contribution in [-0.4, -0.2) is 40.7 Å². The summed E-state index contributed by atoms with van der Waals surface area (Å²) in [5, 5.41) is 9.62. The van der Waals surface area contributed by atoms with Crippen LogP contribution in [0.15, 0.2) is 52.6 Å². The minimum Gasteiger partial charge on any atom is -0.461 e. The molecule has 2 aromatic carbocycles. The van der Waals surface area contributed by atoms with Crippen LogP contribution in [0.25, 0.3) is 16.5 Å². The first-order valence-corrected chi connectivity index (χ1v) is 13.5. The molecule has 1 atom stereocenters. The molecule has 2 aromatic heterocycles. The Labute approximate surface area is 229 Å². The van der Waals surface area contributed by atoms with E-state index in [-0.39, 0.29) is 42.5 Å². The minimum atomic E-state index is -0.661. The molecule has 10 heteroatoms. The second-order valence-electron chi connectivity index (χ2n) is 9.64. The predicted molar refractivity (Wildman–Crippen MR) is 151 cm³/mol. The van der Waals surface area contributed by atoms with Crippen LogP contribution in [0.5, 0.6) is 0 Å². The summed E-state index contributed by atoms with van der Waals surface area (Å²) in [4.78, 5) is 54.2. The summed E-state index contributed by atoms with van der Waals surface area (Å²) in [7, 11) is 0. The van der Waals surface area contributed by atoms with E-state index in [1.165, 1.54) is 4.68 Å². The number of thiophene rings is 1. The van der Waals surface area contributed by atoms with Gasteiger partial charge >= 0.3 is 5.97 Å². The van der Waals surface area contributed by atoms with Crippen molar-refractivity contribution in [3.05, 3.63) is 80.6 Å². The van der Waals surface area contributed by atoms with E-state index in [1.54, 1.807) is 23.3 Å². The van der Waals surface area contributed by atoms with E-state index < -0.39 is 17.4 Å². The van der Waals surface area contributed by atoms with Crippen molar-refractivity contribution in [1.29, 1.82) is 0 Å². The average Bonchev–Trinajstić information content (AvgIpc) is 3.50. The lowest BCUT2D eigenvalue weighted by Gasteiger charge is -2.17. The van der Waals surface area contributed by atoms with Gasteiger partial charge in [0.2, 0.25) is 11.8 Å². The van der Waals surface area contributed by atoms with Gasteiger partial charge in [-0.3, -0.25) is 14.4 Å². The summed E-state index contributed by atoms with van der Waals surface area (Å²) in [5.74, 6) is -1.76. The Bertz CT molecular complexity index is 1690. The fourth-order valence-corrected chi connectivity index (χ4v) is 5.61. The number of esters is 1. The number of aromatic nitrogens is 2. The molecule has 1 N–H and O–H groups in total. The van der Waals surface area contributed by atoms with Crippen molar-refractivity contribution in [3.8, 4) is 5.69 Å². The zero-order chi connectivity index (χ0) is 27.8. The SMILES string of the molecule is CCOC(=O)c1nn(-c2ccc(C)c(C)c2)c(=O)c2c(NC(=O)C3CC(=O)N(c4cccc(C)c4)C3)scc12. The number of nitrogens with zero attached hydrogens (tertiary/aromatic N) is 3. The number of aryl methyl sites for hydroxylation is 3. The molecule has 1 aliphatic heterocycles. The summed E-state index contributed by atoms with van der Waals surface area (Å²) in [6, 6.07) is 13.0. The van der Waals surface area contributed by atoms with Crippen LogP contribution < -0.4 is 15.8 Å². The molecule has 1 unspecified atom stereocenters. The summed E-state index contributed by atoms with van der Waals surface area (Å²) in [6.07, 6.45) is 0.0611. The van der Waals surface area contributed by atoms with Crippen LogP contribution in [-0.2, 0) is 14.3 Å². The molecular weight excluding hydrogens is 516 g/mol. The first-order chi connectivity index (χ1) is 18.7. The fourth-order valence-electron chi connectivity index (χ4n) is 4.67. The van der Waals surface area contributed by atoms with Gasteiger partial charge < -0.3 is 15.0 Å². The molecule has 1 saturated heterocycles. The Morgan fingerprint density at radius 2 is 1.87 bits per heavy atom. The van der Waals surface area contributed by atoms with Crippen LogP contribution in [0, 0.1) is 26.7 Å². The lowest BCUT2D eigenvalue weighted by molar-refractivity contribution is -0.122. The van der Waals surface area contributed by atoms with E-state index in [0.717, 1.165) is 33.7 Å². The highest BCUT2D eigenvalue weighted by molar-refractivity contribution is 7.16. The number of carbonyl (C=O) groups is 3. The summed E-state index contributed by atoms with van der Waals surface area (Å²) < 4.78 is 6.38. The summed E-state index contributed by atoms with van der Waals surface area (Å²) in [6.45, 7) is 7.90. The maximum absolute atomic E-state index is 13.7. The maximum Gasteiger partial charge on any atom is 0.359 e. The third kappa shape index (κ3) is 4.95. The van der Waals surface area contributed by atoms with Gasteiger partial charge in [0.05, 0.1) is 23.6 Å². The normalized spacial score (nSPS) is 15.1. The number of carbonyl (C=O) groups excluding carboxylic acids is 3. The Balaban J connectivity index is 1.52. The Kier molecular flexibility index (Phi) is 7.05. The average molecular weight is 545 g/mol. The number of ether oxygens (including phenoxy) is 1. The second kappa shape index (κ2) is 10.5. The first-order valence-electron chi connectivity index (χ1n) is 12.6. The molecule has 1 fully saturated rings. The third-order valence-corrected chi connectivity index (χ3v) is 7.80. The fraction of sp³-hybridized carbons (Fsp3) is 0.276. The number of hydrogen-bond acceptors (Lipinski definition) is 7. The quantitative estimate of drug-likeness (QED) is 0.357. The molecule has 0 spiro atoms. The highest BCUT2D eigenvalue weighted by Gasteiger charge is 2.36. The van der Waals surface area contributed by atoms with Gasteiger partial charge in [-0.1, -0.05) is 18.2 Å². The van der Waals surface area contributed by atoms with E-state index in [2.05, 4.69) is 10.4 Å². The molecule has 0 radical (unpaired) electrons. The second-order valence-corrected chi connectivity index (χ2v) is 10.5. The summed E-state index contributed by atoms with van der Waals surface area (Å²) in [5.41, 5.74) is 3.79. The molecule has 2 amide bonds. The molecule has 0 aliphatic carbocycles. The molecule has 0 bridgehead atoms. The predicted octanol–water partition coefficient (Wildman–Crippen LogP) is 4.54. The number of anilines is 2. The van der Waals surface area contributed by atoms with Crippen molar-refractivity contribution in [2.24, 2.45) is 5.92 Å². The van der Waals surface area contributed by atoms with Crippen LogP contribution in [0.3, 0.4) is 0 Å². The molecule has 9 nitrogen and oxygen atoms in total. The van der Waals surface area contributed by atoms with E-state index in [0.29, 0.717) is 16.1 Å². The Hall–Kier alpha value is -4.31. The van der Waals surface area contributed by atoms with E-state index in [1.807, 2.05) is 57.2 Å². The first kappa shape index (κ1) is 26.3. The number of amides is 2. The van der Waals surface area contributed by atoms with E-state index >= 15 is 0 Å². The Morgan fingerprint density at radius 3 is 2.59 bits per heavy atom. The molecular formula is C29H28N4O5S. The van der Waals surface area contributed by atoms with Crippen LogP contribution >= 0.6 is 11.3 Å². The number of rotatable bonds is 6. The largest absolute Gasteiger partial charge is 0.461 e. The minimum absolute atomic E-state index is 0.0110. The van der Waals surface area contributed by atoms with Gasteiger partial charge in [0.1, 0.15) is 5.00 Å². The lowest BCUT2D eigenvalue weighted by Crippen LogP contribution is -2.29. The van der Waals surface area contributed by atoms with Crippen molar-refractivity contribution in [1.82, 2.24) is 9.78 Å². The van der Waals surface area contributed by atoms with E-state index in [4.69, 9.17) is 4.74 Å². The molecule has 1 aliphatic rings. The monoisotopic (exact) mass is 544 g/mol. The highest BCUT2D eigenvalue weighted by Crippen LogP contribution is 2.33. The topological polar surface area (TPSA) is 111 Å². The van der Waals surface area contributed by atoms with Crippen LogP contribution in [0.4, 0.5) is 10.7 Å². The van der Waals surface area contributed by atoms with Crippen molar-refractivity contribution in [2.75, 3.05) is 23.4 Å². The lowest BCUT2D eigenvalue weighted by atomic mass is 10.1. The number of fused-ring (bicyclic) bond motifs is 1. The zero-order valence-corrected chi connectivity index (χ0v) is 22.9. The smallest absolute Gasteiger partial charge is 0.359 e. The molecule has 5 rings (SSSR count). The number of benzene rings is 2.